The van der Waals surface area contributed by atoms with Gasteiger partial charge in [-0.15, -0.1) is 5.10 Å². The van der Waals surface area contributed by atoms with E-state index in [0.29, 0.717) is 11.4 Å². The van der Waals surface area contributed by atoms with Gasteiger partial charge in [0.05, 0.1) is 23.4 Å². The summed E-state index contributed by atoms with van der Waals surface area (Å²) >= 11 is 0. The van der Waals surface area contributed by atoms with Crippen molar-refractivity contribution in [2.75, 3.05) is 5.32 Å². The maximum absolute atomic E-state index is 12.5. The predicted octanol–water partition coefficient (Wildman–Crippen LogP) is 2.32. The van der Waals surface area contributed by atoms with Crippen LogP contribution in [0.1, 0.15) is 16.8 Å². The van der Waals surface area contributed by atoms with Crippen LogP contribution in [0.4, 0.5) is 18.9 Å². The van der Waals surface area contributed by atoms with Crippen molar-refractivity contribution in [3.05, 3.63) is 41.2 Å². The summed E-state index contributed by atoms with van der Waals surface area (Å²) in [5, 5.41) is 19.3. The average molecular weight is 281 g/mol. The van der Waals surface area contributed by atoms with Crippen molar-refractivity contribution < 1.29 is 13.2 Å². The summed E-state index contributed by atoms with van der Waals surface area (Å²) in [7, 11) is 1.70. The first-order valence-electron chi connectivity index (χ1n) is 5.60. The highest BCUT2D eigenvalue weighted by Crippen LogP contribution is 2.31. The molecule has 0 fully saturated rings. The molecule has 2 aromatic rings. The third-order valence-corrected chi connectivity index (χ3v) is 2.58. The van der Waals surface area contributed by atoms with Crippen molar-refractivity contribution in [2.45, 2.75) is 12.7 Å². The SMILES string of the molecule is Cn1cc(CNc2ccc(C(F)(F)F)cc2C#N)nn1. The topological polar surface area (TPSA) is 66.5 Å². The lowest BCUT2D eigenvalue weighted by Crippen LogP contribution is -2.07. The first kappa shape index (κ1) is 13.9. The minimum atomic E-state index is -4.46. The molecular weight excluding hydrogens is 271 g/mol. The van der Waals surface area contributed by atoms with E-state index in [1.54, 1.807) is 19.3 Å². The Hall–Kier alpha value is -2.56. The largest absolute Gasteiger partial charge is 0.416 e. The molecule has 5 nitrogen and oxygen atoms in total. The molecule has 1 aromatic carbocycles. The highest BCUT2D eigenvalue weighted by molar-refractivity contribution is 5.59. The molecule has 0 saturated heterocycles. The highest BCUT2D eigenvalue weighted by atomic mass is 19.4. The van der Waals surface area contributed by atoms with Crippen molar-refractivity contribution in [3.8, 4) is 6.07 Å². The molecule has 0 aliphatic rings. The third-order valence-electron chi connectivity index (χ3n) is 2.58. The molecule has 20 heavy (non-hydrogen) atoms. The molecule has 0 amide bonds. The van der Waals surface area contributed by atoms with Crippen LogP contribution in [0.2, 0.25) is 0 Å². The van der Waals surface area contributed by atoms with Crippen LogP contribution in [0.5, 0.6) is 0 Å². The average Bonchev–Trinajstić information content (AvgIpc) is 2.81. The van der Waals surface area contributed by atoms with Crippen molar-refractivity contribution in [1.29, 1.82) is 5.26 Å². The number of hydrogen-bond donors (Lipinski definition) is 1. The zero-order valence-electron chi connectivity index (χ0n) is 10.4. The third kappa shape index (κ3) is 3.06. The van der Waals surface area contributed by atoms with Gasteiger partial charge >= 0.3 is 6.18 Å². The lowest BCUT2D eigenvalue weighted by atomic mass is 10.1. The van der Waals surface area contributed by atoms with E-state index in [1.807, 2.05) is 0 Å². The van der Waals surface area contributed by atoms with Gasteiger partial charge < -0.3 is 5.32 Å². The molecule has 0 bridgehead atoms. The molecule has 0 spiro atoms. The lowest BCUT2D eigenvalue weighted by Gasteiger charge is -2.10. The van der Waals surface area contributed by atoms with Gasteiger partial charge in [-0.25, -0.2) is 0 Å². The summed E-state index contributed by atoms with van der Waals surface area (Å²) in [5.74, 6) is 0. The Bertz CT molecular complexity index is 654. The number of halogens is 3. The van der Waals surface area contributed by atoms with Crippen molar-refractivity contribution >= 4 is 5.69 Å². The number of nitrogens with one attached hydrogen (secondary N) is 1. The number of nitriles is 1. The molecule has 0 radical (unpaired) electrons. The Morgan fingerprint density at radius 2 is 2.15 bits per heavy atom. The molecule has 8 heteroatoms. The van der Waals surface area contributed by atoms with E-state index in [-0.39, 0.29) is 12.1 Å². The zero-order valence-corrected chi connectivity index (χ0v) is 10.4. The van der Waals surface area contributed by atoms with E-state index < -0.39 is 11.7 Å². The van der Waals surface area contributed by atoms with E-state index in [9.17, 15) is 13.2 Å². The van der Waals surface area contributed by atoms with Crippen LogP contribution in [-0.2, 0) is 19.8 Å². The number of alkyl halides is 3. The number of anilines is 1. The van der Waals surface area contributed by atoms with Gasteiger partial charge in [0.1, 0.15) is 11.8 Å². The number of nitrogens with zero attached hydrogens (tertiary/aromatic N) is 4. The number of aromatic nitrogens is 3. The minimum Gasteiger partial charge on any atom is -0.378 e. The standard InChI is InChI=1S/C12H10F3N5/c1-20-7-10(18-19-20)6-17-11-3-2-9(12(13,14)15)4-8(11)5-16/h2-4,7,17H,6H2,1H3. The number of hydrogen-bond acceptors (Lipinski definition) is 4. The summed E-state index contributed by atoms with van der Waals surface area (Å²) < 4.78 is 39.1. The maximum Gasteiger partial charge on any atom is 0.416 e. The molecule has 2 rings (SSSR count). The summed E-state index contributed by atoms with van der Waals surface area (Å²) in [6.07, 6.45) is -2.79. The normalized spacial score (nSPS) is 11.2. The van der Waals surface area contributed by atoms with E-state index >= 15 is 0 Å². The maximum atomic E-state index is 12.5. The van der Waals surface area contributed by atoms with Gasteiger partial charge in [0.25, 0.3) is 0 Å². The highest BCUT2D eigenvalue weighted by Gasteiger charge is 2.31. The molecule has 1 aromatic heterocycles. The molecule has 1 heterocycles. The quantitative estimate of drug-likeness (QED) is 0.937. The first-order valence-corrected chi connectivity index (χ1v) is 5.60. The van der Waals surface area contributed by atoms with Gasteiger partial charge in [-0.3, -0.25) is 4.68 Å². The molecular formula is C12H10F3N5. The van der Waals surface area contributed by atoms with Gasteiger partial charge in [-0.2, -0.15) is 18.4 Å². The fraction of sp³-hybridized carbons (Fsp3) is 0.250. The van der Waals surface area contributed by atoms with Crippen LogP contribution < -0.4 is 5.32 Å². The fourth-order valence-corrected chi connectivity index (χ4v) is 1.63. The van der Waals surface area contributed by atoms with Gasteiger partial charge in [-0.05, 0) is 18.2 Å². The summed E-state index contributed by atoms with van der Waals surface area (Å²) in [6.45, 7) is 0.272. The molecule has 0 atom stereocenters. The van der Waals surface area contributed by atoms with Gasteiger partial charge in [0, 0.05) is 13.2 Å². The summed E-state index contributed by atoms with van der Waals surface area (Å²) in [5.41, 5.74) is 0.0326. The summed E-state index contributed by atoms with van der Waals surface area (Å²) in [6, 6.07) is 4.73. The van der Waals surface area contributed by atoms with Crippen molar-refractivity contribution in [2.24, 2.45) is 7.05 Å². The van der Waals surface area contributed by atoms with Crippen molar-refractivity contribution in [3.63, 3.8) is 0 Å². The lowest BCUT2D eigenvalue weighted by molar-refractivity contribution is -0.137. The fourth-order valence-electron chi connectivity index (χ4n) is 1.63. The van der Waals surface area contributed by atoms with Gasteiger partial charge in [0.15, 0.2) is 0 Å². The molecule has 1 N–H and O–H groups in total. The van der Waals surface area contributed by atoms with Crippen LogP contribution in [0.3, 0.4) is 0 Å². The van der Waals surface area contributed by atoms with Crippen molar-refractivity contribution in [1.82, 2.24) is 15.0 Å². The second-order valence-electron chi connectivity index (χ2n) is 4.11. The first-order chi connectivity index (χ1) is 9.40. The monoisotopic (exact) mass is 281 g/mol. The molecule has 0 aliphatic carbocycles. The Morgan fingerprint density at radius 3 is 2.70 bits per heavy atom. The molecule has 0 saturated carbocycles. The minimum absolute atomic E-state index is 0.0660. The van der Waals surface area contributed by atoms with E-state index in [2.05, 4.69) is 15.6 Å². The number of aryl methyl sites for hydroxylation is 1. The van der Waals surface area contributed by atoms with Gasteiger partial charge in [0.2, 0.25) is 0 Å². The second-order valence-corrected chi connectivity index (χ2v) is 4.11. The van der Waals surface area contributed by atoms with E-state index in [1.165, 1.54) is 10.7 Å². The van der Waals surface area contributed by atoms with Gasteiger partial charge in [-0.1, -0.05) is 5.21 Å². The van der Waals surface area contributed by atoms with E-state index in [4.69, 9.17) is 5.26 Å². The summed E-state index contributed by atoms with van der Waals surface area (Å²) in [4.78, 5) is 0. The van der Waals surface area contributed by atoms with E-state index in [0.717, 1.165) is 12.1 Å². The Balaban J connectivity index is 2.18. The van der Waals surface area contributed by atoms with Crippen LogP contribution in [-0.4, -0.2) is 15.0 Å². The molecule has 0 unspecified atom stereocenters. The Kier molecular flexibility index (Phi) is 3.61. The predicted molar refractivity (Wildman–Crippen MR) is 64.5 cm³/mol. The van der Waals surface area contributed by atoms with Crippen LogP contribution >= 0.6 is 0 Å². The van der Waals surface area contributed by atoms with Crippen LogP contribution in [0, 0.1) is 11.3 Å². The van der Waals surface area contributed by atoms with Crippen LogP contribution in [0.15, 0.2) is 24.4 Å². The number of benzene rings is 1. The Morgan fingerprint density at radius 1 is 1.40 bits per heavy atom. The zero-order chi connectivity index (χ0) is 14.8. The molecule has 104 valence electrons. The smallest absolute Gasteiger partial charge is 0.378 e. The molecule has 0 aliphatic heterocycles. The Labute approximate surface area is 112 Å². The number of rotatable bonds is 3. The second kappa shape index (κ2) is 5.21. The van der Waals surface area contributed by atoms with Crippen LogP contribution in [0.25, 0.3) is 0 Å².